The van der Waals surface area contributed by atoms with Crippen LogP contribution in [0.2, 0.25) is 0 Å². The van der Waals surface area contributed by atoms with E-state index < -0.39 is 0 Å². The SMILES string of the molecule is CC(CN)OC(C)C(C)(C)C. The molecule has 0 aromatic rings. The third-order valence-electron chi connectivity index (χ3n) is 1.99. The van der Waals surface area contributed by atoms with E-state index in [0.717, 1.165) is 0 Å². The molecule has 0 radical (unpaired) electrons. The van der Waals surface area contributed by atoms with Crippen molar-refractivity contribution in [2.45, 2.75) is 46.8 Å². The second-order valence-corrected chi connectivity index (χ2v) is 4.19. The zero-order valence-corrected chi connectivity index (χ0v) is 8.35. The molecule has 0 aliphatic carbocycles. The Labute approximate surface area is 70.1 Å². The summed E-state index contributed by atoms with van der Waals surface area (Å²) in [6, 6.07) is 0. The predicted octanol–water partition coefficient (Wildman–Crippen LogP) is 1.78. The number of hydrogen-bond donors (Lipinski definition) is 1. The Bertz CT molecular complexity index is 107. The van der Waals surface area contributed by atoms with Crippen molar-refractivity contribution in [3.8, 4) is 0 Å². The third-order valence-corrected chi connectivity index (χ3v) is 1.99. The first-order chi connectivity index (χ1) is 4.88. The first-order valence-corrected chi connectivity index (χ1v) is 4.23. The average molecular weight is 159 g/mol. The highest BCUT2D eigenvalue weighted by atomic mass is 16.5. The molecule has 0 saturated heterocycles. The van der Waals surface area contributed by atoms with Crippen molar-refractivity contribution in [1.29, 1.82) is 0 Å². The maximum absolute atomic E-state index is 5.64. The molecule has 0 heterocycles. The van der Waals surface area contributed by atoms with Gasteiger partial charge in [-0.3, -0.25) is 0 Å². The van der Waals surface area contributed by atoms with Crippen molar-refractivity contribution in [3.63, 3.8) is 0 Å². The van der Waals surface area contributed by atoms with E-state index in [1.54, 1.807) is 0 Å². The molecule has 0 spiro atoms. The summed E-state index contributed by atoms with van der Waals surface area (Å²) < 4.78 is 5.64. The van der Waals surface area contributed by atoms with Gasteiger partial charge >= 0.3 is 0 Å². The molecule has 0 amide bonds. The van der Waals surface area contributed by atoms with Crippen LogP contribution in [0.4, 0.5) is 0 Å². The molecule has 0 aliphatic heterocycles. The standard InChI is InChI=1S/C9H21NO/c1-7(6-10)11-8(2)9(3,4)5/h7-8H,6,10H2,1-5H3. The Morgan fingerprint density at radius 2 is 1.73 bits per heavy atom. The van der Waals surface area contributed by atoms with Crippen LogP contribution >= 0.6 is 0 Å². The Balaban J connectivity index is 3.77. The monoisotopic (exact) mass is 159 g/mol. The van der Waals surface area contributed by atoms with Gasteiger partial charge in [0.25, 0.3) is 0 Å². The molecule has 0 fully saturated rings. The van der Waals surface area contributed by atoms with Crippen molar-refractivity contribution in [2.24, 2.45) is 11.1 Å². The lowest BCUT2D eigenvalue weighted by Crippen LogP contribution is -2.32. The van der Waals surface area contributed by atoms with Crippen molar-refractivity contribution in [1.82, 2.24) is 0 Å². The molecular weight excluding hydrogens is 138 g/mol. The van der Waals surface area contributed by atoms with Crippen molar-refractivity contribution >= 4 is 0 Å². The number of rotatable bonds is 3. The Morgan fingerprint density at radius 1 is 1.27 bits per heavy atom. The van der Waals surface area contributed by atoms with Gasteiger partial charge in [0.2, 0.25) is 0 Å². The molecule has 2 heteroatoms. The molecule has 68 valence electrons. The van der Waals surface area contributed by atoms with E-state index in [4.69, 9.17) is 10.5 Å². The van der Waals surface area contributed by atoms with Gasteiger partial charge in [-0.05, 0) is 19.3 Å². The number of hydrogen-bond acceptors (Lipinski definition) is 2. The normalized spacial score (nSPS) is 18.0. The Kier molecular flexibility index (Phi) is 4.04. The fourth-order valence-corrected chi connectivity index (χ4v) is 0.608. The molecule has 2 atom stereocenters. The molecular formula is C9H21NO. The number of nitrogens with two attached hydrogens (primary N) is 1. The second kappa shape index (κ2) is 4.07. The quantitative estimate of drug-likeness (QED) is 0.681. The van der Waals surface area contributed by atoms with Gasteiger partial charge < -0.3 is 10.5 Å². The van der Waals surface area contributed by atoms with Crippen LogP contribution < -0.4 is 5.73 Å². The fraction of sp³-hybridized carbons (Fsp3) is 1.00. The first-order valence-electron chi connectivity index (χ1n) is 4.23. The smallest absolute Gasteiger partial charge is 0.0673 e. The van der Waals surface area contributed by atoms with Crippen LogP contribution in [-0.4, -0.2) is 18.8 Å². The summed E-state index contributed by atoms with van der Waals surface area (Å²) in [7, 11) is 0. The van der Waals surface area contributed by atoms with Crippen LogP contribution in [0, 0.1) is 5.41 Å². The number of ether oxygens (including phenoxy) is 1. The zero-order chi connectivity index (χ0) is 9.07. The van der Waals surface area contributed by atoms with Crippen LogP contribution in [0.5, 0.6) is 0 Å². The van der Waals surface area contributed by atoms with Gasteiger partial charge in [-0.1, -0.05) is 20.8 Å². The molecule has 0 bridgehead atoms. The summed E-state index contributed by atoms with van der Waals surface area (Å²) in [5.41, 5.74) is 5.65. The van der Waals surface area contributed by atoms with E-state index in [1.165, 1.54) is 0 Å². The van der Waals surface area contributed by atoms with Gasteiger partial charge in [0.05, 0.1) is 12.2 Å². The maximum atomic E-state index is 5.64. The molecule has 2 nitrogen and oxygen atoms in total. The molecule has 2 N–H and O–H groups in total. The van der Waals surface area contributed by atoms with Crippen molar-refractivity contribution in [3.05, 3.63) is 0 Å². The predicted molar refractivity (Wildman–Crippen MR) is 48.5 cm³/mol. The van der Waals surface area contributed by atoms with Gasteiger partial charge in [0.1, 0.15) is 0 Å². The van der Waals surface area contributed by atoms with E-state index in [0.29, 0.717) is 6.54 Å². The molecule has 0 aromatic heterocycles. The van der Waals surface area contributed by atoms with Crippen LogP contribution in [0.15, 0.2) is 0 Å². The molecule has 0 rings (SSSR count). The van der Waals surface area contributed by atoms with Gasteiger partial charge in [-0.15, -0.1) is 0 Å². The Hall–Kier alpha value is -0.0800. The Morgan fingerprint density at radius 3 is 2.00 bits per heavy atom. The maximum Gasteiger partial charge on any atom is 0.0673 e. The van der Waals surface area contributed by atoms with Crippen LogP contribution in [0.1, 0.15) is 34.6 Å². The summed E-state index contributed by atoms with van der Waals surface area (Å²) in [4.78, 5) is 0. The molecule has 0 aliphatic rings. The topological polar surface area (TPSA) is 35.2 Å². The minimum Gasteiger partial charge on any atom is -0.374 e. The highest BCUT2D eigenvalue weighted by Crippen LogP contribution is 2.22. The summed E-state index contributed by atoms with van der Waals surface area (Å²) in [6.45, 7) is 11.2. The van der Waals surface area contributed by atoms with Gasteiger partial charge in [-0.25, -0.2) is 0 Å². The van der Waals surface area contributed by atoms with E-state index in [2.05, 4.69) is 27.7 Å². The molecule has 0 saturated carbocycles. The zero-order valence-electron chi connectivity index (χ0n) is 8.35. The summed E-state index contributed by atoms with van der Waals surface area (Å²) in [5.74, 6) is 0. The van der Waals surface area contributed by atoms with Gasteiger partial charge in [0.15, 0.2) is 0 Å². The first kappa shape index (κ1) is 10.9. The third kappa shape index (κ3) is 4.38. The minimum atomic E-state index is 0.171. The van der Waals surface area contributed by atoms with E-state index in [-0.39, 0.29) is 17.6 Å². The van der Waals surface area contributed by atoms with Gasteiger partial charge in [-0.2, -0.15) is 0 Å². The van der Waals surface area contributed by atoms with Gasteiger partial charge in [0, 0.05) is 6.54 Å². The molecule has 0 aromatic carbocycles. The van der Waals surface area contributed by atoms with E-state index in [9.17, 15) is 0 Å². The summed E-state index contributed by atoms with van der Waals surface area (Å²) >= 11 is 0. The lowest BCUT2D eigenvalue weighted by molar-refractivity contribution is -0.0437. The lowest BCUT2D eigenvalue weighted by Gasteiger charge is -2.29. The summed E-state index contributed by atoms with van der Waals surface area (Å²) in [5, 5.41) is 0. The lowest BCUT2D eigenvalue weighted by atomic mass is 9.90. The van der Waals surface area contributed by atoms with Crippen LogP contribution in [0.25, 0.3) is 0 Å². The van der Waals surface area contributed by atoms with Crippen molar-refractivity contribution in [2.75, 3.05) is 6.54 Å². The van der Waals surface area contributed by atoms with Crippen molar-refractivity contribution < 1.29 is 4.74 Å². The highest BCUT2D eigenvalue weighted by Gasteiger charge is 2.21. The van der Waals surface area contributed by atoms with Crippen LogP contribution in [0.3, 0.4) is 0 Å². The summed E-state index contributed by atoms with van der Waals surface area (Å²) in [6.07, 6.45) is 0.435. The molecule has 2 unspecified atom stereocenters. The fourth-order valence-electron chi connectivity index (χ4n) is 0.608. The minimum absolute atomic E-state index is 0.171. The largest absolute Gasteiger partial charge is 0.374 e. The second-order valence-electron chi connectivity index (χ2n) is 4.19. The molecule has 11 heavy (non-hydrogen) atoms. The van der Waals surface area contributed by atoms with E-state index in [1.807, 2.05) is 6.92 Å². The average Bonchev–Trinajstić information content (AvgIpc) is 1.85. The van der Waals surface area contributed by atoms with Crippen LogP contribution in [-0.2, 0) is 4.74 Å². The highest BCUT2D eigenvalue weighted by molar-refractivity contribution is 4.71. The van der Waals surface area contributed by atoms with E-state index >= 15 is 0 Å².